The van der Waals surface area contributed by atoms with Crippen LogP contribution in [0.2, 0.25) is 0 Å². The molecule has 5 rings (SSSR count). The maximum Gasteiger partial charge on any atom is 0.226 e. The smallest absolute Gasteiger partial charge is 0.226 e. The first-order valence-electron chi connectivity index (χ1n) is 13.6. The van der Waals surface area contributed by atoms with Gasteiger partial charge in [0.2, 0.25) is 11.8 Å². The Balaban J connectivity index is 1.28. The standard InChI is InChI=1S/C30H38FN3O2/c1-22(35)32-30(25-10-6-11-26(31)21-25)15-19-33(20-16-30)17-14-28-27-12-5-4-7-23(27)13-18-34(28)29(36)24-8-2-3-9-24/h4-7,10-12,21,24,28H,2-3,8-9,13-20H2,1H3,(H,32,35). The van der Waals surface area contributed by atoms with Gasteiger partial charge in [0.25, 0.3) is 0 Å². The van der Waals surface area contributed by atoms with Crippen LogP contribution in [0.15, 0.2) is 48.5 Å². The van der Waals surface area contributed by atoms with Crippen molar-refractivity contribution in [1.82, 2.24) is 15.1 Å². The van der Waals surface area contributed by atoms with Gasteiger partial charge >= 0.3 is 0 Å². The second kappa shape index (κ2) is 10.7. The number of hydrogen-bond donors (Lipinski definition) is 1. The molecular weight excluding hydrogens is 453 g/mol. The van der Waals surface area contributed by atoms with Crippen molar-refractivity contribution in [2.45, 2.75) is 69.9 Å². The lowest BCUT2D eigenvalue weighted by atomic mass is 9.80. The number of rotatable bonds is 6. The lowest BCUT2D eigenvalue weighted by Crippen LogP contribution is -2.53. The molecule has 1 saturated heterocycles. The van der Waals surface area contributed by atoms with Gasteiger partial charge in [0.1, 0.15) is 5.82 Å². The van der Waals surface area contributed by atoms with Gasteiger partial charge in [-0.15, -0.1) is 0 Å². The quantitative estimate of drug-likeness (QED) is 0.622. The van der Waals surface area contributed by atoms with E-state index in [0.29, 0.717) is 5.91 Å². The van der Waals surface area contributed by atoms with E-state index in [0.717, 1.165) is 70.3 Å². The third-order valence-electron chi connectivity index (χ3n) is 8.62. The van der Waals surface area contributed by atoms with Crippen LogP contribution in [0.5, 0.6) is 0 Å². The first kappa shape index (κ1) is 24.9. The number of fused-ring (bicyclic) bond motifs is 1. The van der Waals surface area contributed by atoms with E-state index in [2.05, 4.69) is 39.4 Å². The molecule has 2 aromatic rings. The van der Waals surface area contributed by atoms with Crippen LogP contribution in [0.25, 0.3) is 0 Å². The summed E-state index contributed by atoms with van der Waals surface area (Å²) in [6, 6.07) is 15.4. The molecule has 0 radical (unpaired) electrons. The summed E-state index contributed by atoms with van der Waals surface area (Å²) < 4.78 is 14.0. The zero-order valence-electron chi connectivity index (χ0n) is 21.3. The number of likely N-dealkylation sites (tertiary alicyclic amines) is 1. The summed E-state index contributed by atoms with van der Waals surface area (Å²) in [7, 11) is 0. The Morgan fingerprint density at radius 1 is 1.03 bits per heavy atom. The number of benzene rings is 2. The molecule has 1 atom stereocenters. The van der Waals surface area contributed by atoms with Crippen LogP contribution in [-0.2, 0) is 21.5 Å². The van der Waals surface area contributed by atoms with Gasteiger partial charge in [0.05, 0.1) is 11.6 Å². The van der Waals surface area contributed by atoms with Crippen LogP contribution >= 0.6 is 0 Å². The molecule has 0 bridgehead atoms. The van der Waals surface area contributed by atoms with Gasteiger partial charge in [-0.05, 0) is 67.3 Å². The number of halogens is 1. The number of nitrogens with one attached hydrogen (secondary N) is 1. The van der Waals surface area contributed by atoms with Gasteiger partial charge in [0, 0.05) is 39.0 Å². The summed E-state index contributed by atoms with van der Waals surface area (Å²) in [5.41, 5.74) is 2.98. The molecule has 3 aliphatic rings. The Labute approximate surface area is 214 Å². The molecule has 0 spiro atoms. The summed E-state index contributed by atoms with van der Waals surface area (Å²) in [4.78, 5) is 30.2. The third-order valence-corrected chi connectivity index (χ3v) is 8.62. The molecule has 6 heteroatoms. The maximum absolute atomic E-state index is 14.0. The van der Waals surface area contributed by atoms with Crippen molar-refractivity contribution < 1.29 is 14.0 Å². The zero-order valence-corrected chi connectivity index (χ0v) is 21.3. The molecule has 5 nitrogen and oxygen atoms in total. The van der Waals surface area contributed by atoms with Gasteiger partial charge < -0.3 is 15.1 Å². The second-order valence-corrected chi connectivity index (χ2v) is 10.9. The third kappa shape index (κ3) is 5.19. The molecular formula is C30H38FN3O2. The van der Waals surface area contributed by atoms with Crippen molar-refractivity contribution in [1.29, 1.82) is 0 Å². The highest BCUT2D eigenvalue weighted by Gasteiger charge is 2.39. The Kier molecular flexibility index (Phi) is 7.42. The molecule has 2 fully saturated rings. The number of amides is 2. The summed E-state index contributed by atoms with van der Waals surface area (Å²) >= 11 is 0. The number of piperidine rings is 1. The van der Waals surface area contributed by atoms with Crippen molar-refractivity contribution in [2.75, 3.05) is 26.2 Å². The van der Waals surface area contributed by atoms with Gasteiger partial charge in [-0.25, -0.2) is 4.39 Å². The van der Waals surface area contributed by atoms with E-state index < -0.39 is 5.54 Å². The molecule has 2 heterocycles. The summed E-state index contributed by atoms with van der Waals surface area (Å²) in [5, 5.41) is 3.15. The fraction of sp³-hybridized carbons (Fsp3) is 0.533. The summed E-state index contributed by atoms with van der Waals surface area (Å²) in [6.45, 7) is 4.88. The average molecular weight is 492 g/mol. The topological polar surface area (TPSA) is 52.7 Å². The highest BCUT2D eigenvalue weighted by molar-refractivity contribution is 5.80. The monoisotopic (exact) mass is 491 g/mol. The van der Waals surface area contributed by atoms with Crippen molar-refractivity contribution in [3.8, 4) is 0 Å². The summed E-state index contributed by atoms with van der Waals surface area (Å²) in [6.07, 6.45) is 7.71. The highest BCUT2D eigenvalue weighted by atomic mass is 19.1. The van der Waals surface area contributed by atoms with Crippen LogP contribution in [0.4, 0.5) is 4.39 Å². The molecule has 2 aliphatic heterocycles. The van der Waals surface area contributed by atoms with Crippen molar-refractivity contribution in [2.24, 2.45) is 5.92 Å². The van der Waals surface area contributed by atoms with Crippen LogP contribution < -0.4 is 5.32 Å². The van der Waals surface area contributed by atoms with E-state index in [1.807, 2.05) is 6.07 Å². The zero-order chi connectivity index (χ0) is 25.1. The molecule has 1 N–H and O–H groups in total. The van der Waals surface area contributed by atoms with E-state index in [1.165, 1.54) is 37.0 Å². The average Bonchev–Trinajstić information content (AvgIpc) is 3.42. The fourth-order valence-electron chi connectivity index (χ4n) is 6.71. The SMILES string of the molecule is CC(=O)NC1(c2cccc(F)c2)CCN(CCC2c3ccccc3CCN2C(=O)C2CCCC2)CC1. The number of nitrogens with zero attached hydrogens (tertiary/aromatic N) is 2. The Morgan fingerprint density at radius 3 is 2.50 bits per heavy atom. The lowest BCUT2D eigenvalue weighted by molar-refractivity contribution is -0.138. The molecule has 36 heavy (non-hydrogen) atoms. The minimum Gasteiger partial charge on any atom is -0.347 e. The van der Waals surface area contributed by atoms with E-state index in [4.69, 9.17) is 0 Å². The van der Waals surface area contributed by atoms with Crippen LogP contribution in [0.3, 0.4) is 0 Å². The minimum atomic E-state index is -0.535. The first-order valence-corrected chi connectivity index (χ1v) is 13.6. The Morgan fingerprint density at radius 2 is 1.78 bits per heavy atom. The van der Waals surface area contributed by atoms with Crippen LogP contribution in [0, 0.1) is 11.7 Å². The first-order chi connectivity index (χ1) is 17.4. The normalized spacial score (nSPS) is 22.3. The van der Waals surface area contributed by atoms with Gasteiger partial charge in [-0.3, -0.25) is 9.59 Å². The number of carbonyl (C=O) groups excluding carboxylic acids is 2. The van der Waals surface area contributed by atoms with Gasteiger partial charge in [0.15, 0.2) is 0 Å². The molecule has 0 aromatic heterocycles. The molecule has 2 amide bonds. The predicted molar refractivity (Wildman–Crippen MR) is 139 cm³/mol. The van der Waals surface area contributed by atoms with E-state index >= 15 is 0 Å². The van der Waals surface area contributed by atoms with Crippen LogP contribution in [-0.4, -0.2) is 47.8 Å². The Bertz CT molecular complexity index is 1090. The van der Waals surface area contributed by atoms with Gasteiger partial charge in [-0.1, -0.05) is 49.2 Å². The van der Waals surface area contributed by atoms with E-state index in [1.54, 1.807) is 12.1 Å². The van der Waals surface area contributed by atoms with Crippen molar-refractivity contribution >= 4 is 11.8 Å². The maximum atomic E-state index is 14.0. The fourth-order valence-corrected chi connectivity index (χ4v) is 6.71. The van der Waals surface area contributed by atoms with Crippen molar-refractivity contribution in [3.63, 3.8) is 0 Å². The molecule has 1 aliphatic carbocycles. The molecule has 1 unspecified atom stereocenters. The van der Waals surface area contributed by atoms with Gasteiger partial charge in [-0.2, -0.15) is 0 Å². The van der Waals surface area contributed by atoms with E-state index in [9.17, 15) is 14.0 Å². The highest BCUT2D eigenvalue weighted by Crippen LogP contribution is 2.38. The lowest BCUT2D eigenvalue weighted by Gasteiger charge is -2.44. The number of carbonyl (C=O) groups is 2. The van der Waals surface area contributed by atoms with Crippen LogP contribution in [0.1, 0.15) is 74.6 Å². The largest absolute Gasteiger partial charge is 0.347 e. The molecule has 2 aromatic carbocycles. The molecule has 1 saturated carbocycles. The summed E-state index contributed by atoms with van der Waals surface area (Å²) in [5.74, 6) is 0.175. The number of hydrogen-bond acceptors (Lipinski definition) is 3. The second-order valence-electron chi connectivity index (χ2n) is 10.9. The van der Waals surface area contributed by atoms with Crippen molar-refractivity contribution in [3.05, 3.63) is 71.0 Å². The molecule has 192 valence electrons. The predicted octanol–water partition coefficient (Wildman–Crippen LogP) is 4.96. The minimum absolute atomic E-state index is 0.0902. The Hall–Kier alpha value is -2.73. The van der Waals surface area contributed by atoms with E-state index in [-0.39, 0.29) is 23.7 Å².